The number of likely N-dealkylation sites (tertiary alicyclic amines) is 1. The van der Waals surface area contributed by atoms with Gasteiger partial charge in [-0.15, -0.1) is 10.2 Å². The number of phenolic OH excluding ortho intramolecular Hbond substituents is 1. The number of allylic oxidation sites excluding steroid dienone is 1. The maximum atomic E-state index is 13.4. The first-order valence-electron chi connectivity index (χ1n) is 15.9. The number of aromatic nitrogens is 3. The van der Waals surface area contributed by atoms with Crippen LogP contribution in [0.5, 0.6) is 11.5 Å². The van der Waals surface area contributed by atoms with Gasteiger partial charge in [0, 0.05) is 17.2 Å². The Kier molecular flexibility index (Phi) is 9.11. The van der Waals surface area contributed by atoms with Crippen LogP contribution in [0, 0.1) is 5.41 Å². The highest BCUT2D eigenvalue weighted by molar-refractivity contribution is 6.32. The highest BCUT2D eigenvalue weighted by Gasteiger charge is 2.31. The quantitative estimate of drug-likeness (QED) is 0.133. The zero-order valence-corrected chi connectivity index (χ0v) is 27.8. The van der Waals surface area contributed by atoms with Crippen molar-refractivity contribution in [3.63, 3.8) is 0 Å². The molecule has 2 amide bonds. The summed E-state index contributed by atoms with van der Waals surface area (Å²) < 4.78 is 8.63. The lowest BCUT2D eigenvalue weighted by Crippen LogP contribution is -2.42. The number of urea groups is 1. The van der Waals surface area contributed by atoms with Crippen LogP contribution in [0.15, 0.2) is 77.6 Å². The van der Waals surface area contributed by atoms with Gasteiger partial charge in [0.25, 0.3) is 0 Å². The number of aromatic hydroxyl groups is 1. The summed E-state index contributed by atoms with van der Waals surface area (Å²) in [5.74, 6) is 1.86. The molecule has 1 saturated heterocycles. The number of carbonyl (C=O) groups is 1. The van der Waals surface area contributed by atoms with Crippen LogP contribution in [0.4, 0.5) is 10.5 Å². The van der Waals surface area contributed by atoms with Gasteiger partial charge in [-0.05, 0) is 80.7 Å². The number of amidine groups is 1. The SMILES string of the molecule is CN1CCC[C@H]1c1nnc2ccc(O[C@@H]3CCC(NC(=O)NC(C=C(N)C(C)(C)C)=Nc4ccc(O)c(Cl)c4)c4ccccc43)cn12. The van der Waals surface area contributed by atoms with Gasteiger partial charge in [-0.2, -0.15) is 0 Å². The number of halogens is 1. The summed E-state index contributed by atoms with van der Waals surface area (Å²) in [7, 11) is 2.13. The van der Waals surface area contributed by atoms with E-state index in [1.54, 1.807) is 12.1 Å². The molecule has 3 atom stereocenters. The van der Waals surface area contributed by atoms with E-state index in [0.717, 1.165) is 47.7 Å². The number of nitrogens with zero attached hydrogens (tertiary/aromatic N) is 5. The fourth-order valence-corrected chi connectivity index (χ4v) is 6.26. The number of amides is 2. The Hall–Kier alpha value is -4.61. The number of phenols is 1. The van der Waals surface area contributed by atoms with Crippen LogP contribution in [-0.2, 0) is 0 Å². The molecule has 2 aromatic carbocycles. The molecule has 2 aromatic heterocycles. The highest BCUT2D eigenvalue weighted by Crippen LogP contribution is 2.39. The molecule has 4 aromatic rings. The molecule has 1 aliphatic carbocycles. The molecule has 0 radical (unpaired) electrons. The Morgan fingerprint density at radius 1 is 1.11 bits per heavy atom. The first kappa shape index (κ1) is 32.3. The lowest BCUT2D eigenvalue weighted by molar-refractivity contribution is 0.171. The molecule has 5 N–H and O–H groups in total. The van der Waals surface area contributed by atoms with E-state index in [9.17, 15) is 9.90 Å². The first-order chi connectivity index (χ1) is 22.5. The van der Waals surface area contributed by atoms with Crippen LogP contribution in [0.2, 0.25) is 5.02 Å². The topological polar surface area (TPSA) is 142 Å². The second-order valence-electron chi connectivity index (χ2n) is 13.2. The highest BCUT2D eigenvalue weighted by atomic mass is 35.5. The van der Waals surface area contributed by atoms with E-state index < -0.39 is 6.03 Å². The zero-order chi connectivity index (χ0) is 33.3. The minimum absolute atomic E-state index is 0.0539. The molecule has 0 spiro atoms. The summed E-state index contributed by atoms with van der Waals surface area (Å²) in [6.45, 7) is 6.97. The van der Waals surface area contributed by atoms with Gasteiger partial charge in [-0.1, -0.05) is 56.6 Å². The van der Waals surface area contributed by atoms with Crippen LogP contribution >= 0.6 is 11.6 Å². The zero-order valence-electron chi connectivity index (χ0n) is 27.1. The van der Waals surface area contributed by atoms with Crippen LogP contribution < -0.4 is 21.1 Å². The number of benzene rings is 2. The molecule has 1 aliphatic heterocycles. The van der Waals surface area contributed by atoms with Gasteiger partial charge in [0.15, 0.2) is 11.5 Å². The molecular weight excluding hydrogens is 616 g/mol. The van der Waals surface area contributed by atoms with Crippen molar-refractivity contribution in [3.05, 3.63) is 94.5 Å². The van der Waals surface area contributed by atoms with Crippen molar-refractivity contribution in [1.82, 2.24) is 30.1 Å². The van der Waals surface area contributed by atoms with Crippen molar-refractivity contribution in [2.75, 3.05) is 13.6 Å². The third-order valence-corrected chi connectivity index (χ3v) is 9.12. The summed E-state index contributed by atoms with van der Waals surface area (Å²) >= 11 is 6.10. The third-order valence-electron chi connectivity index (χ3n) is 8.82. The van der Waals surface area contributed by atoms with E-state index in [1.165, 1.54) is 12.1 Å². The summed E-state index contributed by atoms with van der Waals surface area (Å²) in [6, 6.07) is 16.0. The number of hydrogen-bond donors (Lipinski definition) is 4. The Balaban J connectivity index is 1.20. The van der Waals surface area contributed by atoms with E-state index in [1.807, 2.05) is 61.7 Å². The lowest BCUT2D eigenvalue weighted by atomic mass is 9.85. The summed E-state index contributed by atoms with van der Waals surface area (Å²) in [5, 5.41) is 24.9. The molecular formula is C35H41ClN8O3. The van der Waals surface area contributed by atoms with Crippen molar-refractivity contribution in [2.45, 2.75) is 64.6 Å². The van der Waals surface area contributed by atoms with E-state index in [-0.39, 0.29) is 40.2 Å². The second-order valence-corrected chi connectivity index (χ2v) is 13.6. The average Bonchev–Trinajstić information content (AvgIpc) is 3.64. The normalized spacial score (nSPS) is 20.7. The molecule has 0 saturated carbocycles. The van der Waals surface area contributed by atoms with Gasteiger partial charge in [-0.3, -0.25) is 14.6 Å². The third kappa shape index (κ3) is 7.21. The van der Waals surface area contributed by atoms with Gasteiger partial charge in [-0.25, -0.2) is 9.79 Å². The number of aliphatic imine (C=N–C) groups is 1. The smallest absolute Gasteiger partial charge is 0.320 e. The van der Waals surface area contributed by atoms with Crippen molar-refractivity contribution in [2.24, 2.45) is 16.1 Å². The number of pyridine rings is 1. The molecule has 2 aliphatic rings. The summed E-state index contributed by atoms with van der Waals surface area (Å²) in [6.07, 6.45) is 7.00. The molecule has 1 unspecified atom stereocenters. The monoisotopic (exact) mass is 656 g/mol. The lowest BCUT2D eigenvalue weighted by Gasteiger charge is -2.32. The summed E-state index contributed by atoms with van der Waals surface area (Å²) in [5.41, 5.74) is 9.80. The molecule has 12 heteroatoms. The number of hydrogen-bond acceptors (Lipinski definition) is 8. The maximum Gasteiger partial charge on any atom is 0.320 e. The van der Waals surface area contributed by atoms with Crippen LogP contribution in [0.25, 0.3) is 5.65 Å². The minimum Gasteiger partial charge on any atom is -0.506 e. The predicted octanol–water partition coefficient (Wildman–Crippen LogP) is 6.73. The van der Waals surface area contributed by atoms with E-state index in [4.69, 9.17) is 22.1 Å². The number of fused-ring (bicyclic) bond motifs is 2. The Morgan fingerprint density at radius 3 is 2.62 bits per heavy atom. The van der Waals surface area contributed by atoms with Crippen LogP contribution in [0.1, 0.15) is 81.6 Å². The Bertz CT molecular complexity index is 1850. The van der Waals surface area contributed by atoms with Gasteiger partial charge in [0.05, 0.1) is 29.0 Å². The standard InChI is InChI=1S/C35H41ClN8O3/c1-35(2,3)30(37)19-31(38-21-11-14-28(45)25(36)18-21)40-34(46)39-26-13-15-29(24-9-6-5-8-23(24)26)47-22-12-16-32-41-42-33(44(32)20-22)27-10-7-17-43(27)4/h5-6,8-9,11-12,14,16,18-20,26-27,29,45H,7,10,13,15,17,37H2,1-4H3,(H2,38,39,40,46)/t26?,27-,29+/m0/s1. The van der Waals surface area contributed by atoms with Gasteiger partial charge < -0.3 is 20.9 Å². The average molecular weight is 657 g/mol. The maximum absolute atomic E-state index is 13.4. The largest absolute Gasteiger partial charge is 0.506 e. The van der Waals surface area contributed by atoms with Gasteiger partial charge in [0.1, 0.15) is 23.4 Å². The molecule has 0 bridgehead atoms. The fraction of sp³-hybridized carbons (Fsp3) is 0.371. The molecule has 47 heavy (non-hydrogen) atoms. The van der Waals surface area contributed by atoms with Crippen molar-refractivity contribution < 1.29 is 14.6 Å². The Labute approximate surface area is 279 Å². The molecule has 11 nitrogen and oxygen atoms in total. The van der Waals surface area contributed by atoms with E-state index >= 15 is 0 Å². The molecule has 6 rings (SSSR count). The first-order valence-corrected chi connectivity index (χ1v) is 16.3. The molecule has 1 fully saturated rings. The number of rotatable bonds is 6. The van der Waals surface area contributed by atoms with Crippen LogP contribution in [0.3, 0.4) is 0 Å². The number of nitrogens with one attached hydrogen (secondary N) is 2. The number of carbonyl (C=O) groups excluding carboxylic acids is 1. The number of ether oxygens (including phenoxy) is 1. The Morgan fingerprint density at radius 2 is 1.89 bits per heavy atom. The van der Waals surface area contributed by atoms with Crippen LogP contribution in [-0.4, -0.2) is 50.1 Å². The predicted molar refractivity (Wildman–Crippen MR) is 183 cm³/mol. The molecule has 246 valence electrons. The summed E-state index contributed by atoms with van der Waals surface area (Å²) in [4.78, 5) is 20.3. The van der Waals surface area contributed by atoms with Crippen molar-refractivity contribution in [3.8, 4) is 11.5 Å². The number of nitrogens with two attached hydrogens (primary N) is 1. The second kappa shape index (κ2) is 13.2. The van der Waals surface area contributed by atoms with E-state index in [0.29, 0.717) is 24.2 Å². The minimum atomic E-state index is -0.423. The van der Waals surface area contributed by atoms with E-state index in [2.05, 4.69) is 43.8 Å². The van der Waals surface area contributed by atoms with Gasteiger partial charge >= 0.3 is 6.03 Å². The molecule has 3 heterocycles. The van der Waals surface area contributed by atoms with Crippen molar-refractivity contribution in [1.29, 1.82) is 0 Å². The van der Waals surface area contributed by atoms with Crippen molar-refractivity contribution >= 4 is 34.8 Å². The van der Waals surface area contributed by atoms with Gasteiger partial charge in [0.2, 0.25) is 0 Å². The fourth-order valence-electron chi connectivity index (χ4n) is 6.08.